The first-order valence-corrected chi connectivity index (χ1v) is 12.3. The van der Waals surface area contributed by atoms with E-state index in [1.54, 1.807) is 12.1 Å². The second kappa shape index (κ2) is 10.4. The van der Waals surface area contributed by atoms with Crippen LogP contribution in [0.3, 0.4) is 0 Å². The maximum absolute atomic E-state index is 11.7. The summed E-state index contributed by atoms with van der Waals surface area (Å²) in [5, 5.41) is 21.4. The van der Waals surface area contributed by atoms with Gasteiger partial charge in [-0.15, -0.1) is 20.5 Å². The largest absolute Gasteiger partial charge is 0.324 e. The van der Waals surface area contributed by atoms with Crippen LogP contribution in [0.4, 0.5) is 34.6 Å². The summed E-state index contributed by atoms with van der Waals surface area (Å²) in [7, 11) is -4.48. The van der Waals surface area contributed by atoms with Gasteiger partial charge in [-0.1, -0.05) is 60.7 Å². The fourth-order valence-corrected chi connectivity index (χ4v) is 4.03. The van der Waals surface area contributed by atoms with E-state index >= 15 is 0 Å². The lowest BCUT2D eigenvalue weighted by Gasteiger charge is -2.05. The molecule has 0 amide bonds. The molecule has 0 saturated carbocycles. The number of benzene rings is 4. The summed E-state index contributed by atoms with van der Waals surface area (Å²) in [5.74, 6) is 0.260. The van der Waals surface area contributed by atoms with Crippen molar-refractivity contribution in [2.75, 3.05) is 5.32 Å². The maximum Gasteiger partial charge on any atom is 0.296 e. The molecule has 0 atom stereocenters. The molecule has 0 spiro atoms. The molecule has 0 unspecified atom stereocenters. The zero-order chi connectivity index (χ0) is 25.7. The summed E-state index contributed by atoms with van der Waals surface area (Å²) < 4.78 is 32.9. The molecule has 0 saturated heterocycles. The Hall–Kier alpha value is -4.94. The van der Waals surface area contributed by atoms with Gasteiger partial charge in [-0.05, 0) is 35.7 Å². The molecule has 37 heavy (non-hydrogen) atoms. The minimum Gasteiger partial charge on any atom is -0.324 e. The Morgan fingerprint density at radius 2 is 1.46 bits per heavy atom. The van der Waals surface area contributed by atoms with Crippen LogP contribution in [0.25, 0.3) is 10.8 Å². The van der Waals surface area contributed by atoms with E-state index in [9.17, 15) is 13.0 Å². The predicted molar refractivity (Wildman–Crippen MR) is 137 cm³/mol. The number of para-hydroxylation sites is 1. The van der Waals surface area contributed by atoms with Crippen molar-refractivity contribution >= 4 is 55.5 Å². The Bertz CT molecular complexity index is 1740. The molecule has 0 aliphatic rings. The van der Waals surface area contributed by atoms with Crippen molar-refractivity contribution in [3.63, 3.8) is 0 Å². The number of anilines is 2. The molecule has 0 aliphatic heterocycles. The molecule has 0 fully saturated rings. The van der Waals surface area contributed by atoms with Crippen LogP contribution >= 0.6 is 0 Å². The van der Waals surface area contributed by atoms with Crippen LogP contribution in [0.15, 0.2) is 116 Å². The molecule has 181 valence electrons. The van der Waals surface area contributed by atoms with Gasteiger partial charge < -0.3 is 5.32 Å². The quantitative estimate of drug-likeness (QED) is 0.184. The highest BCUT2D eigenvalue weighted by Crippen LogP contribution is 2.38. The van der Waals surface area contributed by atoms with Crippen LogP contribution in [-0.2, 0) is 10.1 Å². The number of azo groups is 2. The molecule has 11 nitrogen and oxygen atoms in total. The lowest BCUT2D eigenvalue weighted by Crippen LogP contribution is -1.97. The zero-order valence-corrected chi connectivity index (χ0v) is 19.8. The van der Waals surface area contributed by atoms with Crippen LogP contribution in [0, 0.1) is 6.33 Å². The molecule has 4 aromatic carbocycles. The van der Waals surface area contributed by atoms with E-state index in [0.29, 0.717) is 11.4 Å². The van der Waals surface area contributed by atoms with Crippen molar-refractivity contribution in [3.8, 4) is 0 Å². The molecule has 1 aromatic heterocycles. The third-order valence-electron chi connectivity index (χ3n) is 5.07. The van der Waals surface area contributed by atoms with E-state index in [1.807, 2.05) is 60.7 Å². The number of nitrogens with one attached hydrogen (secondary N) is 1. The fraction of sp³-hybridized carbons (Fsp3) is 0. The van der Waals surface area contributed by atoms with E-state index in [0.717, 1.165) is 16.5 Å². The first kappa shape index (κ1) is 23.8. The van der Waals surface area contributed by atoms with Crippen LogP contribution < -0.4 is 5.32 Å². The van der Waals surface area contributed by atoms with Gasteiger partial charge in [0, 0.05) is 11.1 Å². The van der Waals surface area contributed by atoms with Gasteiger partial charge in [0.1, 0.15) is 22.0 Å². The van der Waals surface area contributed by atoms with Gasteiger partial charge in [0.2, 0.25) is 12.3 Å². The average molecular weight is 510 g/mol. The maximum atomic E-state index is 11.7. The van der Waals surface area contributed by atoms with E-state index in [-0.39, 0.29) is 22.5 Å². The highest BCUT2D eigenvalue weighted by molar-refractivity contribution is 7.86. The van der Waals surface area contributed by atoms with Gasteiger partial charge in [-0.3, -0.25) is 4.55 Å². The van der Waals surface area contributed by atoms with Crippen molar-refractivity contribution in [1.29, 1.82) is 0 Å². The second-order valence-corrected chi connectivity index (χ2v) is 8.94. The van der Waals surface area contributed by atoms with Crippen molar-refractivity contribution in [3.05, 3.63) is 97.3 Å². The Morgan fingerprint density at radius 3 is 2.30 bits per heavy atom. The first-order valence-electron chi connectivity index (χ1n) is 10.8. The number of aromatic nitrogens is 3. The van der Waals surface area contributed by atoms with Crippen LogP contribution in [-0.4, -0.2) is 27.9 Å². The third-order valence-corrected chi connectivity index (χ3v) is 5.97. The minimum atomic E-state index is -4.48. The van der Waals surface area contributed by atoms with Gasteiger partial charge in [0.25, 0.3) is 16.1 Å². The van der Waals surface area contributed by atoms with Gasteiger partial charge in [-0.25, -0.2) is 0 Å². The standard InChI is InChI=1S/C25H17N8O3S/c34-37(35,36)22-13-7-6-12-20(22)30-31-21-15-14-17-8-4-5-11-19(17)23(21)32-33-25-27-16-26-24(29-25)28-18-9-2-1-3-10-18/h1-15H,(H,34,35,36)(H,26,27,28,29)/b31-30+,33-32+. The Kier molecular flexibility index (Phi) is 6.66. The smallest absolute Gasteiger partial charge is 0.296 e. The van der Waals surface area contributed by atoms with E-state index in [1.165, 1.54) is 18.2 Å². The lowest BCUT2D eigenvalue weighted by molar-refractivity contribution is 0.483. The Morgan fingerprint density at radius 1 is 0.730 bits per heavy atom. The average Bonchev–Trinajstić information content (AvgIpc) is 2.91. The Labute approximate surface area is 211 Å². The van der Waals surface area contributed by atoms with Crippen LogP contribution in [0.5, 0.6) is 0 Å². The topological polar surface area (TPSA) is 155 Å². The minimum absolute atomic E-state index is 0.0148. The Balaban J connectivity index is 1.52. The summed E-state index contributed by atoms with van der Waals surface area (Å²) in [6, 6.07) is 26.1. The highest BCUT2D eigenvalue weighted by atomic mass is 32.2. The first-order chi connectivity index (χ1) is 18.0. The van der Waals surface area contributed by atoms with Gasteiger partial charge in [0.15, 0.2) is 0 Å². The molecule has 2 N–H and O–H groups in total. The van der Waals surface area contributed by atoms with Gasteiger partial charge in [-0.2, -0.15) is 23.4 Å². The number of nitrogens with zero attached hydrogens (tertiary/aromatic N) is 7. The normalized spacial score (nSPS) is 11.9. The molecular weight excluding hydrogens is 492 g/mol. The highest BCUT2D eigenvalue weighted by Gasteiger charge is 2.15. The second-order valence-electron chi connectivity index (χ2n) is 7.55. The summed E-state index contributed by atoms with van der Waals surface area (Å²) in [6.07, 6.45) is 2.50. The van der Waals surface area contributed by atoms with E-state index in [4.69, 9.17) is 0 Å². The molecule has 5 aromatic rings. The number of rotatable bonds is 7. The van der Waals surface area contributed by atoms with Crippen molar-refractivity contribution in [2.45, 2.75) is 4.90 Å². The molecule has 0 bridgehead atoms. The number of fused-ring (bicyclic) bond motifs is 1. The summed E-state index contributed by atoms with van der Waals surface area (Å²) >= 11 is 0. The van der Waals surface area contributed by atoms with Gasteiger partial charge >= 0.3 is 0 Å². The predicted octanol–water partition coefficient (Wildman–Crippen LogP) is 6.65. The van der Waals surface area contributed by atoms with Gasteiger partial charge in [0.05, 0.1) is 0 Å². The van der Waals surface area contributed by atoms with Crippen molar-refractivity contribution in [2.24, 2.45) is 20.5 Å². The number of hydrogen-bond acceptors (Lipinski definition) is 10. The summed E-state index contributed by atoms with van der Waals surface area (Å²) in [6.45, 7) is 0. The zero-order valence-electron chi connectivity index (χ0n) is 19.0. The van der Waals surface area contributed by atoms with Crippen molar-refractivity contribution < 1.29 is 13.0 Å². The van der Waals surface area contributed by atoms with E-state index < -0.39 is 10.1 Å². The SMILES string of the molecule is O=S(=O)(O)c1ccccc1/N=N/c1ccc2ccccc2c1/N=N/c1n[c]nc(Nc2ccccc2)n1. The van der Waals surface area contributed by atoms with E-state index in [2.05, 4.69) is 47.1 Å². The molecule has 5 rings (SSSR count). The van der Waals surface area contributed by atoms with Crippen LogP contribution in [0.2, 0.25) is 0 Å². The molecule has 12 heteroatoms. The summed E-state index contributed by atoms with van der Waals surface area (Å²) in [5.41, 5.74) is 1.44. The fourth-order valence-electron chi connectivity index (χ4n) is 3.40. The molecule has 1 radical (unpaired) electrons. The monoisotopic (exact) mass is 509 g/mol. The lowest BCUT2D eigenvalue weighted by atomic mass is 10.1. The molecular formula is C25H17N8O3S. The number of hydrogen-bond donors (Lipinski definition) is 2. The summed E-state index contributed by atoms with van der Waals surface area (Å²) in [4.78, 5) is 11.8. The third kappa shape index (κ3) is 5.66. The molecule has 1 heterocycles. The molecule has 0 aliphatic carbocycles. The van der Waals surface area contributed by atoms with Crippen molar-refractivity contribution in [1.82, 2.24) is 15.0 Å². The van der Waals surface area contributed by atoms with Crippen LogP contribution in [0.1, 0.15) is 0 Å².